The monoisotopic (exact) mass is 421 g/mol. The van der Waals surface area contributed by atoms with Crippen molar-refractivity contribution in [3.63, 3.8) is 0 Å². The van der Waals surface area contributed by atoms with Gasteiger partial charge in [0.25, 0.3) is 5.91 Å². The van der Waals surface area contributed by atoms with Crippen LogP contribution in [0.1, 0.15) is 34.3 Å². The number of benzene rings is 2. The lowest BCUT2D eigenvalue weighted by molar-refractivity contribution is -0.148. The van der Waals surface area contributed by atoms with Crippen molar-refractivity contribution in [2.24, 2.45) is 5.92 Å². The summed E-state index contributed by atoms with van der Waals surface area (Å²) in [4.78, 5) is 37.5. The van der Waals surface area contributed by atoms with Gasteiger partial charge in [-0.2, -0.15) is 0 Å². The van der Waals surface area contributed by atoms with Gasteiger partial charge in [0.2, 0.25) is 0 Å². The number of likely N-dealkylation sites (tertiary alicyclic amines) is 1. The molecule has 0 unspecified atom stereocenters. The molecular formula is C25H27NO5. The summed E-state index contributed by atoms with van der Waals surface area (Å²) in [5.74, 6) is -0.591. The molecule has 1 saturated heterocycles. The molecule has 162 valence electrons. The summed E-state index contributed by atoms with van der Waals surface area (Å²) in [5, 5.41) is 0. The van der Waals surface area contributed by atoms with Gasteiger partial charge in [0.05, 0.1) is 12.7 Å². The zero-order valence-corrected chi connectivity index (χ0v) is 17.7. The molecule has 1 aliphatic heterocycles. The predicted molar refractivity (Wildman–Crippen MR) is 117 cm³/mol. The van der Waals surface area contributed by atoms with Gasteiger partial charge in [-0.3, -0.25) is 4.79 Å². The maximum absolute atomic E-state index is 12.4. The second-order valence-corrected chi connectivity index (χ2v) is 7.57. The molecular weight excluding hydrogens is 394 g/mol. The second kappa shape index (κ2) is 11.1. The van der Waals surface area contributed by atoms with Crippen molar-refractivity contribution in [1.82, 2.24) is 4.90 Å². The molecule has 0 N–H and O–H groups in total. The molecule has 3 rings (SSSR count). The van der Waals surface area contributed by atoms with Crippen molar-refractivity contribution >= 4 is 23.9 Å². The zero-order valence-electron chi connectivity index (χ0n) is 17.7. The first kappa shape index (κ1) is 22.3. The van der Waals surface area contributed by atoms with Crippen molar-refractivity contribution in [1.29, 1.82) is 0 Å². The van der Waals surface area contributed by atoms with Crippen LogP contribution in [0.25, 0.3) is 6.08 Å². The lowest BCUT2D eigenvalue weighted by Gasteiger charge is -2.32. The van der Waals surface area contributed by atoms with Crippen LogP contribution in [0, 0.1) is 5.92 Å². The summed E-state index contributed by atoms with van der Waals surface area (Å²) < 4.78 is 9.73. The Morgan fingerprint density at radius 1 is 1.00 bits per heavy atom. The van der Waals surface area contributed by atoms with E-state index >= 15 is 0 Å². The van der Waals surface area contributed by atoms with Gasteiger partial charge < -0.3 is 14.4 Å². The molecule has 2 aromatic carbocycles. The molecule has 1 heterocycles. The highest BCUT2D eigenvalue weighted by Gasteiger charge is 2.23. The maximum Gasteiger partial charge on any atom is 0.337 e. The molecule has 0 aromatic heterocycles. The molecule has 0 aliphatic carbocycles. The molecule has 0 bridgehead atoms. The van der Waals surface area contributed by atoms with Crippen molar-refractivity contribution in [2.45, 2.75) is 19.3 Å². The Morgan fingerprint density at radius 3 is 2.32 bits per heavy atom. The van der Waals surface area contributed by atoms with Crippen molar-refractivity contribution in [3.8, 4) is 0 Å². The number of amides is 1. The Hall–Kier alpha value is -3.41. The predicted octanol–water partition coefficient (Wildman–Crippen LogP) is 3.51. The fourth-order valence-corrected chi connectivity index (χ4v) is 3.62. The molecule has 2 aromatic rings. The summed E-state index contributed by atoms with van der Waals surface area (Å²) in [6.07, 6.45) is 5.78. The van der Waals surface area contributed by atoms with E-state index < -0.39 is 11.9 Å². The van der Waals surface area contributed by atoms with Gasteiger partial charge >= 0.3 is 11.9 Å². The standard InChI is InChI=1S/C25H27NO5/c1-30-25(29)22-10-7-19(8-11-22)9-12-24(28)31-18-23(27)26-15-13-21(14-16-26)17-20-5-3-2-4-6-20/h2-12,21H,13-18H2,1H3/b12-9+. The van der Waals surface area contributed by atoms with Crippen LogP contribution in [-0.4, -0.2) is 49.6 Å². The third-order valence-corrected chi connectivity index (χ3v) is 5.42. The second-order valence-electron chi connectivity index (χ2n) is 7.57. The number of esters is 2. The first-order valence-electron chi connectivity index (χ1n) is 10.4. The van der Waals surface area contributed by atoms with E-state index in [0.717, 1.165) is 24.8 Å². The number of ether oxygens (including phenoxy) is 2. The van der Waals surface area contributed by atoms with E-state index in [0.29, 0.717) is 24.6 Å². The number of methoxy groups -OCH3 is 1. The fraction of sp³-hybridized carbons (Fsp3) is 0.320. The summed E-state index contributed by atoms with van der Waals surface area (Å²) in [5.41, 5.74) is 2.49. The molecule has 1 aliphatic rings. The summed E-state index contributed by atoms with van der Waals surface area (Å²) >= 11 is 0. The first-order valence-corrected chi connectivity index (χ1v) is 10.4. The van der Waals surface area contributed by atoms with Crippen LogP contribution in [0.3, 0.4) is 0 Å². The number of hydrogen-bond acceptors (Lipinski definition) is 5. The average molecular weight is 421 g/mol. The van der Waals surface area contributed by atoms with Crippen molar-refractivity contribution in [3.05, 3.63) is 77.4 Å². The topological polar surface area (TPSA) is 72.9 Å². The Morgan fingerprint density at radius 2 is 1.68 bits per heavy atom. The highest BCUT2D eigenvalue weighted by molar-refractivity contribution is 5.91. The van der Waals surface area contributed by atoms with Gasteiger partial charge in [0, 0.05) is 19.2 Å². The number of carbonyl (C=O) groups is 3. The third kappa shape index (κ3) is 6.81. The average Bonchev–Trinajstić information content (AvgIpc) is 2.82. The molecule has 0 radical (unpaired) electrons. The number of rotatable bonds is 7. The minimum Gasteiger partial charge on any atom is -0.465 e. The van der Waals surface area contributed by atoms with E-state index in [1.54, 1.807) is 35.2 Å². The Kier molecular flexibility index (Phi) is 7.98. The molecule has 1 fully saturated rings. The summed E-state index contributed by atoms with van der Waals surface area (Å²) in [6, 6.07) is 17.0. The molecule has 6 nitrogen and oxygen atoms in total. The maximum atomic E-state index is 12.4. The molecule has 0 atom stereocenters. The SMILES string of the molecule is COC(=O)c1ccc(/C=C/C(=O)OCC(=O)N2CCC(Cc3ccccc3)CC2)cc1. The summed E-state index contributed by atoms with van der Waals surface area (Å²) in [6.45, 7) is 1.13. The number of carbonyl (C=O) groups excluding carboxylic acids is 3. The van der Waals surface area contributed by atoms with E-state index in [2.05, 4.69) is 16.9 Å². The minimum atomic E-state index is -0.579. The van der Waals surface area contributed by atoms with E-state index in [1.807, 2.05) is 18.2 Å². The zero-order chi connectivity index (χ0) is 22.1. The Bertz CT molecular complexity index is 913. The normalized spacial score (nSPS) is 14.4. The van der Waals surface area contributed by atoms with Crippen LogP contribution in [0.15, 0.2) is 60.7 Å². The Labute approximate surface area is 182 Å². The van der Waals surface area contributed by atoms with Crippen LogP contribution < -0.4 is 0 Å². The van der Waals surface area contributed by atoms with E-state index in [9.17, 15) is 14.4 Å². The van der Waals surface area contributed by atoms with Crippen molar-refractivity contribution < 1.29 is 23.9 Å². The minimum absolute atomic E-state index is 0.164. The molecule has 0 spiro atoms. The van der Waals surface area contributed by atoms with E-state index in [1.165, 1.54) is 18.7 Å². The van der Waals surface area contributed by atoms with Gasteiger partial charge in [0.15, 0.2) is 6.61 Å². The highest BCUT2D eigenvalue weighted by Crippen LogP contribution is 2.21. The summed E-state index contributed by atoms with van der Waals surface area (Å²) in [7, 11) is 1.32. The molecule has 31 heavy (non-hydrogen) atoms. The molecule has 6 heteroatoms. The highest BCUT2D eigenvalue weighted by atomic mass is 16.5. The number of hydrogen-bond donors (Lipinski definition) is 0. The fourth-order valence-electron chi connectivity index (χ4n) is 3.62. The first-order chi connectivity index (χ1) is 15.0. The van der Waals surface area contributed by atoms with Crippen LogP contribution >= 0.6 is 0 Å². The van der Waals surface area contributed by atoms with Gasteiger partial charge in [-0.15, -0.1) is 0 Å². The van der Waals surface area contributed by atoms with E-state index in [4.69, 9.17) is 4.74 Å². The largest absolute Gasteiger partial charge is 0.465 e. The van der Waals surface area contributed by atoms with Crippen LogP contribution in [0.5, 0.6) is 0 Å². The lowest BCUT2D eigenvalue weighted by atomic mass is 9.90. The lowest BCUT2D eigenvalue weighted by Crippen LogP contribution is -2.41. The smallest absolute Gasteiger partial charge is 0.337 e. The van der Waals surface area contributed by atoms with Crippen molar-refractivity contribution in [2.75, 3.05) is 26.8 Å². The van der Waals surface area contributed by atoms with Gasteiger partial charge in [0.1, 0.15) is 0 Å². The van der Waals surface area contributed by atoms with Gasteiger partial charge in [-0.05, 0) is 54.5 Å². The quantitative estimate of drug-likeness (QED) is 0.505. The van der Waals surface area contributed by atoms with Crippen LogP contribution in [-0.2, 0) is 25.5 Å². The molecule has 1 amide bonds. The molecule has 0 saturated carbocycles. The van der Waals surface area contributed by atoms with Crippen LogP contribution in [0.4, 0.5) is 0 Å². The van der Waals surface area contributed by atoms with E-state index in [-0.39, 0.29) is 12.5 Å². The Balaban J connectivity index is 1.39. The third-order valence-electron chi connectivity index (χ3n) is 5.42. The number of piperidine rings is 1. The van der Waals surface area contributed by atoms with Gasteiger partial charge in [-0.25, -0.2) is 9.59 Å². The van der Waals surface area contributed by atoms with Crippen LogP contribution in [0.2, 0.25) is 0 Å². The number of nitrogens with zero attached hydrogens (tertiary/aromatic N) is 1. The van der Waals surface area contributed by atoms with Gasteiger partial charge in [-0.1, -0.05) is 42.5 Å².